The van der Waals surface area contributed by atoms with Gasteiger partial charge >= 0.3 is 0 Å². The molecule has 0 aliphatic heterocycles. The molecular weight excluding hydrogens is 380 g/mol. The molecule has 4 heteroatoms. The first kappa shape index (κ1) is 19.8. The highest BCUT2D eigenvalue weighted by molar-refractivity contribution is 6.30. The summed E-state index contributed by atoms with van der Waals surface area (Å²) in [6, 6.07) is 21.2. The molecule has 2 aromatic carbocycles. The second-order valence-electron chi connectivity index (χ2n) is 7.67. The monoisotopic (exact) mass is 406 g/mol. The minimum absolute atomic E-state index is 0.305. The molecular formula is C25H27ClN2O. The lowest BCUT2D eigenvalue weighted by Gasteiger charge is -2.35. The predicted octanol–water partition coefficient (Wildman–Crippen LogP) is 6.50. The number of aryl methyl sites for hydroxylation is 2. The van der Waals surface area contributed by atoms with Gasteiger partial charge in [0.15, 0.2) is 0 Å². The van der Waals surface area contributed by atoms with Crippen molar-refractivity contribution < 1.29 is 4.74 Å². The molecule has 0 fully saturated rings. The van der Waals surface area contributed by atoms with Gasteiger partial charge in [-0.2, -0.15) is 0 Å². The molecule has 0 N–H and O–H groups in total. The van der Waals surface area contributed by atoms with Crippen LogP contribution in [0.15, 0.2) is 66.9 Å². The Balaban J connectivity index is 1.97. The summed E-state index contributed by atoms with van der Waals surface area (Å²) in [6.07, 6.45) is 3.09. The van der Waals surface area contributed by atoms with Crippen LogP contribution in [0.25, 0.3) is 16.6 Å². The lowest BCUT2D eigenvalue weighted by Crippen LogP contribution is -2.38. The number of halogens is 1. The van der Waals surface area contributed by atoms with Crippen LogP contribution in [0, 0.1) is 13.8 Å². The zero-order valence-corrected chi connectivity index (χ0v) is 18.2. The van der Waals surface area contributed by atoms with E-state index in [1.165, 1.54) is 33.5 Å². The highest BCUT2D eigenvalue weighted by Crippen LogP contribution is 2.37. The Hall–Kier alpha value is -2.49. The number of hydrogen-bond donors (Lipinski definition) is 0. The third-order valence-corrected chi connectivity index (χ3v) is 6.28. The smallest absolute Gasteiger partial charge is 0.0926 e. The fraction of sp³-hybridized carbons (Fsp3) is 0.280. The van der Waals surface area contributed by atoms with E-state index >= 15 is 0 Å². The van der Waals surface area contributed by atoms with Crippen molar-refractivity contribution in [3.8, 4) is 5.69 Å². The van der Waals surface area contributed by atoms with E-state index in [4.69, 9.17) is 16.3 Å². The quantitative estimate of drug-likeness (QED) is 0.357. The summed E-state index contributed by atoms with van der Waals surface area (Å²) < 4.78 is 10.4. The molecule has 1 unspecified atom stereocenters. The molecule has 2 heterocycles. The largest absolute Gasteiger partial charge is 0.382 e. The van der Waals surface area contributed by atoms with Crippen LogP contribution >= 0.6 is 11.6 Å². The molecule has 0 spiro atoms. The number of aromatic nitrogens is 2. The Kier molecular flexibility index (Phi) is 5.28. The molecule has 29 heavy (non-hydrogen) atoms. The number of fused-ring (bicyclic) bond motifs is 1. The van der Waals surface area contributed by atoms with E-state index < -0.39 is 0 Å². The number of rotatable bonds is 6. The molecule has 1 atom stereocenters. The lowest BCUT2D eigenvalue weighted by atomic mass is 9.87. The van der Waals surface area contributed by atoms with Gasteiger partial charge in [-0.1, -0.05) is 36.7 Å². The van der Waals surface area contributed by atoms with Crippen molar-refractivity contribution in [2.75, 3.05) is 13.7 Å². The van der Waals surface area contributed by atoms with Crippen molar-refractivity contribution in [2.45, 2.75) is 32.7 Å². The number of methoxy groups -OCH3 is 1. The maximum absolute atomic E-state index is 6.17. The highest BCUT2D eigenvalue weighted by atomic mass is 35.5. The zero-order chi connectivity index (χ0) is 20.6. The maximum Gasteiger partial charge on any atom is 0.0926 e. The van der Waals surface area contributed by atoms with E-state index in [1.807, 2.05) is 12.1 Å². The Morgan fingerprint density at radius 2 is 1.62 bits per heavy atom. The Bertz CT molecular complexity index is 1120. The maximum atomic E-state index is 6.17. The summed E-state index contributed by atoms with van der Waals surface area (Å²) in [7, 11) is 1.77. The summed E-state index contributed by atoms with van der Waals surface area (Å²) in [6.45, 7) is 7.10. The molecule has 0 saturated carbocycles. The number of hydrogen-bond acceptors (Lipinski definition) is 1. The van der Waals surface area contributed by atoms with E-state index in [1.54, 1.807) is 7.11 Å². The van der Waals surface area contributed by atoms with Gasteiger partial charge in [0.1, 0.15) is 0 Å². The molecule has 3 nitrogen and oxygen atoms in total. The van der Waals surface area contributed by atoms with E-state index in [9.17, 15) is 0 Å². The second-order valence-corrected chi connectivity index (χ2v) is 8.11. The van der Waals surface area contributed by atoms with Crippen molar-refractivity contribution >= 4 is 22.5 Å². The predicted molar refractivity (Wildman–Crippen MR) is 121 cm³/mol. The second kappa shape index (κ2) is 7.74. The molecule has 0 bridgehead atoms. The fourth-order valence-corrected chi connectivity index (χ4v) is 4.66. The van der Waals surface area contributed by atoms with Gasteiger partial charge in [-0.05, 0) is 68.3 Å². The van der Waals surface area contributed by atoms with Crippen LogP contribution in [-0.2, 0) is 10.3 Å². The number of benzene rings is 2. The number of nitrogens with zero attached hydrogens (tertiary/aromatic N) is 2. The summed E-state index contributed by atoms with van der Waals surface area (Å²) in [4.78, 5) is 0. The summed E-state index contributed by atoms with van der Waals surface area (Å²) >= 11 is 6.17. The van der Waals surface area contributed by atoms with E-state index in [-0.39, 0.29) is 5.54 Å². The molecule has 0 aliphatic rings. The van der Waals surface area contributed by atoms with Crippen LogP contribution in [0.2, 0.25) is 5.02 Å². The van der Waals surface area contributed by atoms with Gasteiger partial charge in [0.25, 0.3) is 0 Å². The van der Waals surface area contributed by atoms with E-state index in [2.05, 4.69) is 84.6 Å². The molecule has 2 aromatic heterocycles. The van der Waals surface area contributed by atoms with Crippen molar-refractivity contribution in [1.29, 1.82) is 0 Å². The van der Waals surface area contributed by atoms with Crippen molar-refractivity contribution in [3.63, 3.8) is 0 Å². The number of ether oxygens (including phenoxy) is 1. The summed E-state index contributed by atoms with van der Waals surface area (Å²) in [5.41, 5.74) is 5.77. The SMILES string of the molecule is CCC(COC)(c1ccc(Cl)cc1)n1ccc2c(-n3c(C)ccc3C)cccc21. The topological polar surface area (TPSA) is 19.1 Å². The Morgan fingerprint density at radius 1 is 0.931 bits per heavy atom. The summed E-state index contributed by atoms with van der Waals surface area (Å²) in [5.74, 6) is 0. The van der Waals surface area contributed by atoms with Gasteiger partial charge in [-0.15, -0.1) is 0 Å². The van der Waals surface area contributed by atoms with Crippen LogP contribution in [0.5, 0.6) is 0 Å². The van der Waals surface area contributed by atoms with Gasteiger partial charge in [0.05, 0.1) is 23.3 Å². The van der Waals surface area contributed by atoms with Crippen LogP contribution in [-0.4, -0.2) is 22.9 Å². The van der Waals surface area contributed by atoms with E-state index in [0.717, 1.165) is 11.4 Å². The van der Waals surface area contributed by atoms with Gasteiger partial charge < -0.3 is 13.9 Å². The third-order valence-electron chi connectivity index (χ3n) is 6.03. The molecule has 0 saturated heterocycles. The average Bonchev–Trinajstić information content (AvgIpc) is 3.30. The van der Waals surface area contributed by atoms with Gasteiger partial charge in [-0.3, -0.25) is 0 Å². The first-order valence-corrected chi connectivity index (χ1v) is 10.4. The molecule has 0 aliphatic carbocycles. The van der Waals surface area contributed by atoms with E-state index in [0.29, 0.717) is 6.61 Å². The van der Waals surface area contributed by atoms with Crippen molar-refractivity contribution in [2.24, 2.45) is 0 Å². The molecule has 4 rings (SSSR count). The Morgan fingerprint density at radius 3 is 2.24 bits per heavy atom. The minimum atomic E-state index is -0.305. The van der Waals surface area contributed by atoms with Gasteiger partial charge in [0, 0.05) is 35.1 Å². The zero-order valence-electron chi connectivity index (χ0n) is 17.4. The summed E-state index contributed by atoms with van der Waals surface area (Å²) in [5, 5.41) is 1.98. The third kappa shape index (κ3) is 3.19. The first-order chi connectivity index (χ1) is 14.0. The van der Waals surface area contributed by atoms with Crippen LogP contribution < -0.4 is 0 Å². The van der Waals surface area contributed by atoms with Crippen LogP contribution in [0.3, 0.4) is 0 Å². The van der Waals surface area contributed by atoms with Crippen LogP contribution in [0.1, 0.15) is 30.3 Å². The first-order valence-electron chi connectivity index (χ1n) is 10.0. The molecule has 0 radical (unpaired) electrons. The van der Waals surface area contributed by atoms with Crippen molar-refractivity contribution in [1.82, 2.24) is 9.13 Å². The molecule has 0 amide bonds. The fourth-order valence-electron chi connectivity index (χ4n) is 4.54. The van der Waals surface area contributed by atoms with Crippen molar-refractivity contribution in [3.05, 3.63) is 88.8 Å². The normalized spacial score (nSPS) is 13.7. The van der Waals surface area contributed by atoms with Crippen LogP contribution in [0.4, 0.5) is 0 Å². The van der Waals surface area contributed by atoms with Gasteiger partial charge in [-0.25, -0.2) is 0 Å². The Labute approximate surface area is 177 Å². The standard InChI is InChI=1S/C25H27ClN2O/c1-5-25(17-29-4,20-11-13-21(26)14-12-20)27-16-15-22-23(27)7-6-8-24(22)28-18(2)9-10-19(28)3/h6-16H,5,17H2,1-4H3. The minimum Gasteiger partial charge on any atom is -0.382 e. The molecule has 4 aromatic rings. The molecule has 150 valence electrons. The highest BCUT2D eigenvalue weighted by Gasteiger charge is 2.33. The average molecular weight is 407 g/mol. The lowest BCUT2D eigenvalue weighted by molar-refractivity contribution is 0.111. The van der Waals surface area contributed by atoms with Gasteiger partial charge in [0.2, 0.25) is 0 Å².